The van der Waals surface area contributed by atoms with Crippen molar-refractivity contribution in [3.8, 4) is 11.4 Å². The molecule has 1 amide bonds. The van der Waals surface area contributed by atoms with Crippen LogP contribution in [-0.4, -0.2) is 33.7 Å². The van der Waals surface area contributed by atoms with Crippen LogP contribution >= 0.6 is 0 Å². The summed E-state index contributed by atoms with van der Waals surface area (Å²) < 4.78 is 7.67. The van der Waals surface area contributed by atoms with Crippen molar-refractivity contribution < 1.29 is 9.53 Å². The summed E-state index contributed by atoms with van der Waals surface area (Å²) in [5.41, 5.74) is 7.69. The first-order valence-corrected chi connectivity index (χ1v) is 10.9. The Morgan fingerprint density at radius 3 is 2.80 bits per heavy atom. The Balaban J connectivity index is 1.47. The van der Waals surface area contributed by atoms with Gasteiger partial charge in [0.25, 0.3) is 5.91 Å². The fraction of sp³-hybridized carbons (Fsp3) is 0.360. The van der Waals surface area contributed by atoms with E-state index in [9.17, 15) is 4.79 Å². The molecule has 0 atom stereocenters. The highest BCUT2D eigenvalue weighted by molar-refractivity contribution is 5.94. The number of fused-ring (bicyclic) bond motifs is 2. The summed E-state index contributed by atoms with van der Waals surface area (Å²) in [7, 11) is 0. The zero-order valence-electron chi connectivity index (χ0n) is 17.6. The smallest absolute Gasteiger partial charge is 0.274 e. The molecule has 30 heavy (non-hydrogen) atoms. The maximum atomic E-state index is 13.5. The molecule has 154 valence electrons. The Morgan fingerprint density at radius 2 is 1.97 bits per heavy atom. The van der Waals surface area contributed by atoms with E-state index in [-0.39, 0.29) is 5.91 Å². The minimum atomic E-state index is 0.0490. The minimum absolute atomic E-state index is 0.0490. The highest BCUT2D eigenvalue weighted by Crippen LogP contribution is 2.31. The normalized spacial score (nSPS) is 15.1. The molecule has 0 N–H and O–H groups in total. The molecule has 1 aliphatic heterocycles. The predicted octanol–water partition coefficient (Wildman–Crippen LogP) is 4.27. The summed E-state index contributed by atoms with van der Waals surface area (Å²) >= 11 is 0. The number of rotatable bonds is 4. The highest BCUT2D eigenvalue weighted by Gasteiger charge is 2.31. The third-order valence-electron chi connectivity index (χ3n) is 6.26. The zero-order valence-corrected chi connectivity index (χ0v) is 17.6. The van der Waals surface area contributed by atoms with Gasteiger partial charge in [-0.05, 0) is 74.4 Å². The van der Waals surface area contributed by atoms with Crippen LogP contribution in [0, 0.1) is 6.92 Å². The van der Waals surface area contributed by atoms with Crippen LogP contribution in [0.2, 0.25) is 0 Å². The van der Waals surface area contributed by atoms with Gasteiger partial charge in [0.05, 0.1) is 12.3 Å². The molecule has 0 unspecified atom stereocenters. The van der Waals surface area contributed by atoms with E-state index < -0.39 is 0 Å². The van der Waals surface area contributed by atoms with Crippen molar-refractivity contribution in [1.82, 2.24) is 14.7 Å². The van der Waals surface area contributed by atoms with Crippen LogP contribution < -0.4 is 4.74 Å². The second-order valence-electron chi connectivity index (χ2n) is 8.17. The Kier molecular flexibility index (Phi) is 4.81. The average Bonchev–Trinajstić information content (AvgIpc) is 3.36. The van der Waals surface area contributed by atoms with Gasteiger partial charge in [-0.3, -0.25) is 4.79 Å². The van der Waals surface area contributed by atoms with Crippen molar-refractivity contribution in [2.75, 3.05) is 13.2 Å². The molecular formula is C25H27N3O2. The van der Waals surface area contributed by atoms with Crippen LogP contribution in [0.1, 0.15) is 51.8 Å². The number of aryl methyl sites for hydroxylation is 1. The van der Waals surface area contributed by atoms with Gasteiger partial charge in [-0.25, -0.2) is 4.68 Å². The number of carbonyl (C=O) groups excluding carboxylic acids is 1. The molecule has 1 aromatic heterocycles. The van der Waals surface area contributed by atoms with E-state index in [0.717, 1.165) is 49.2 Å². The Bertz CT molecular complexity index is 1120. The number of carbonyl (C=O) groups is 1. The maximum absolute atomic E-state index is 13.5. The first-order chi connectivity index (χ1) is 14.7. The molecular weight excluding hydrogens is 374 g/mol. The molecule has 2 aliphatic rings. The van der Waals surface area contributed by atoms with Gasteiger partial charge < -0.3 is 9.64 Å². The van der Waals surface area contributed by atoms with Gasteiger partial charge in [0.15, 0.2) is 5.69 Å². The first kappa shape index (κ1) is 18.9. The van der Waals surface area contributed by atoms with Crippen molar-refractivity contribution in [3.05, 3.63) is 76.1 Å². The van der Waals surface area contributed by atoms with E-state index in [1.54, 1.807) is 0 Å². The zero-order chi connectivity index (χ0) is 20.7. The molecule has 0 saturated heterocycles. The molecule has 3 aromatic rings. The molecule has 0 radical (unpaired) electrons. The van der Waals surface area contributed by atoms with E-state index in [1.165, 1.54) is 22.4 Å². The van der Waals surface area contributed by atoms with Crippen LogP contribution in [-0.2, 0) is 25.8 Å². The minimum Gasteiger partial charge on any atom is -0.494 e. The van der Waals surface area contributed by atoms with E-state index in [2.05, 4.69) is 31.2 Å². The van der Waals surface area contributed by atoms with E-state index >= 15 is 0 Å². The molecule has 0 spiro atoms. The number of aromatic nitrogens is 2. The van der Waals surface area contributed by atoms with Crippen LogP contribution in [0.3, 0.4) is 0 Å². The Morgan fingerprint density at radius 1 is 1.10 bits per heavy atom. The second kappa shape index (κ2) is 7.63. The fourth-order valence-electron chi connectivity index (χ4n) is 4.72. The topological polar surface area (TPSA) is 47.4 Å². The lowest BCUT2D eigenvalue weighted by Crippen LogP contribution is -2.36. The van der Waals surface area contributed by atoms with Gasteiger partial charge in [-0.15, -0.1) is 0 Å². The first-order valence-electron chi connectivity index (χ1n) is 10.9. The number of para-hydroxylation sites is 1. The predicted molar refractivity (Wildman–Crippen MR) is 116 cm³/mol. The molecule has 5 nitrogen and oxygen atoms in total. The third-order valence-corrected chi connectivity index (χ3v) is 6.26. The number of nitrogens with zero attached hydrogens (tertiary/aromatic N) is 3. The fourth-order valence-corrected chi connectivity index (χ4v) is 4.72. The van der Waals surface area contributed by atoms with Crippen molar-refractivity contribution in [2.24, 2.45) is 0 Å². The SMILES string of the molecule is CCOc1ccc2c(c1)CN(C(=O)c1nn(-c3ccccc3C)c3c1CCC3)CC2. The summed E-state index contributed by atoms with van der Waals surface area (Å²) in [5, 5.41) is 4.84. The van der Waals surface area contributed by atoms with Crippen molar-refractivity contribution >= 4 is 5.91 Å². The van der Waals surface area contributed by atoms with Crippen LogP contribution in [0.25, 0.3) is 5.69 Å². The number of hydrogen-bond acceptors (Lipinski definition) is 3. The van der Waals surface area contributed by atoms with Gasteiger partial charge in [-0.1, -0.05) is 24.3 Å². The number of hydrogen-bond donors (Lipinski definition) is 0. The second-order valence-corrected chi connectivity index (χ2v) is 8.17. The average molecular weight is 402 g/mol. The quantitative estimate of drug-likeness (QED) is 0.656. The van der Waals surface area contributed by atoms with Crippen LogP contribution in [0.5, 0.6) is 5.75 Å². The molecule has 0 fully saturated rings. The van der Waals surface area contributed by atoms with E-state index in [4.69, 9.17) is 9.84 Å². The van der Waals surface area contributed by atoms with Crippen molar-refractivity contribution in [1.29, 1.82) is 0 Å². The largest absolute Gasteiger partial charge is 0.494 e. The molecule has 5 heteroatoms. The number of benzene rings is 2. The third kappa shape index (κ3) is 3.18. The Hall–Kier alpha value is -3.08. The highest BCUT2D eigenvalue weighted by atomic mass is 16.5. The lowest BCUT2D eigenvalue weighted by Gasteiger charge is -2.29. The molecule has 0 saturated carbocycles. The number of ether oxygens (including phenoxy) is 1. The number of amides is 1. The Labute approximate surface area is 177 Å². The molecule has 5 rings (SSSR count). The van der Waals surface area contributed by atoms with Crippen LogP contribution in [0.4, 0.5) is 0 Å². The van der Waals surface area contributed by atoms with Gasteiger partial charge in [0.2, 0.25) is 0 Å². The van der Waals surface area contributed by atoms with Gasteiger partial charge >= 0.3 is 0 Å². The van der Waals surface area contributed by atoms with Crippen molar-refractivity contribution in [2.45, 2.75) is 46.1 Å². The van der Waals surface area contributed by atoms with E-state index in [0.29, 0.717) is 18.8 Å². The van der Waals surface area contributed by atoms with Gasteiger partial charge in [-0.2, -0.15) is 5.10 Å². The lowest BCUT2D eigenvalue weighted by atomic mass is 9.99. The van der Waals surface area contributed by atoms with Gasteiger partial charge in [0.1, 0.15) is 5.75 Å². The summed E-state index contributed by atoms with van der Waals surface area (Å²) in [6.45, 7) is 6.06. The summed E-state index contributed by atoms with van der Waals surface area (Å²) in [6.07, 6.45) is 3.86. The van der Waals surface area contributed by atoms with Crippen molar-refractivity contribution in [3.63, 3.8) is 0 Å². The maximum Gasteiger partial charge on any atom is 0.274 e. The van der Waals surface area contributed by atoms with E-state index in [1.807, 2.05) is 34.7 Å². The lowest BCUT2D eigenvalue weighted by molar-refractivity contribution is 0.0727. The summed E-state index contributed by atoms with van der Waals surface area (Å²) in [5.74, 6) is 0.920. The monoisotopic (exact) mass is 401 g/mol. The molecule has 1 aliphatic carbocycles. The molecule has 2 aromatic carbocycles. The summed E-state index contributed by atoms with van der Waals surface area (Å²) in [4.78, 5) is 15.5. The van der Waals surface area contributed by atoms with Crippen LogP contribution in [0.15, 0.2) is 42.5 Å². The van der Waals surface area contributed by atoms with Gasteiger partial charge in [0, 0.05) is 24.3 Å². The summed E-state index contributed by atoms with van der Waals surface area (Å²) in [6, 6.07) is 14.5. The standard InChI is InChI=1S/C25H27N3O2/c1-3-30-20-12-11-18-13-14-27(16-19(18)15-20)25(29)24-21-8-6-10-23(21)28(26-24)22-9-5-4-7-17(22)2/h4-5,7,9,11-12,15H,3,6,8,10,13-14,16H2,1-2H3. The molecule has 0 bridgehead atoms. The molecule has 2 heterocycles.